The predicted octanol–water partition coefficient (Wildman–Crippen LogP) is 2.72. The van der Waals surface area contributed by atoms with Crippen LogP contribution < -0.4 is 5.32 Å². The van der Waals surface area contributed by atoms with E-state index in [4.69, 9.17) is 4.42 Å². The molecule has 2 rings (SSSR count). The first kappa shape index (κ1) is 11.5. The fourth-order valence-electron chi connectivity index (χ4n) is 1.88. The Morgan fingerprint density at radius 2 is 2.31 bits per heavy atom. The summed E-state index contributed by atoms with van der Waals surface area (Å²) in [6, 6.07) is 6.47. The van der Waals surface area contributed by atoms with Gasteiger partial charge in [-0.3, -0.25) is 0 Å². The summed E-state index contributed by atoms with van der Waals surface area (Å²) in [7, 11) is 1.96. The normalized spacial score (nSPS) is 13.2. The van der Waals surface area contributed by atoms with Crippen LogP contribution in [0.25, 0.3) is 11.1 Å². The van der Waals surface area contributed by atoms with Crippen molar-refractivity contribution in [3.8, 4) is 0 Å². The van der Waals surface area contributed by atoms with Crippen LogP contribution in [0.4, 0.5) is 0 Å². The molecule has 0 spiro atoms. The highest BCUT2D eigenvalue weighted by Gasteiger charge is 2.10. The molecule has 1 atom stereocenters. The van der Waals surface area contributed by atoms with Gasteiger partial charge in [0.1, 0.15) is 5.52 Å². The molecule has 0 aliphatic heterocycles. The van der Waals surface area contributed by atoms with E-state index in [1.54, 1.807) is 0 Å². The first-order valence-corrected chi connectivity index (χ1v) is 6.03. The van der Waals surface area contributed by atoms with Crippen LogP contribution in [0.1, 0.15) is 23.9 Å². The van der Waals surface area contributed by atoms with E-state index in [0.717, 1.165) is 23.3 Å². The Morgan fingerprint density at radius 3 is 3.00 bits per heavy atom. The lowest BCUT2D eigenvalue weighted by Crippen LogP contribution is -2.16. The van der Waals surface area contributed by atoms with E-state index in [1.165, 1.54) is 5.56 Å². The molecule has 1 aromatic heterocycles. The zero-order valence-corrected chi connectivity index (χ0v) is 10.4. The molecule has 1 aromatic carbocycles. The first-order chi connectivity index (χ1) is 7.74. The molecule has 1 heterocycles. The van der Waals surface area contributed by atoms with Crippen molar-refractivity contribution in [1.82, 2.24) is 10.3 Å². The van der Waals surface area contributed by atoms with Gasteiger partial charge in [-0.2, -0.15) is 12.6 Å². The van der Waals surface area contributed by atoms with E-state index in [2.05, 4.69) is 35.1 Å². The maximum absolute atomic E-state index is 5.45. The van der Waals surface area contributed by atoms with Gasteiger partial charge in [-0.05, 0) is 36.9 Å². The minimum absolute atomic E-state index is 0.332. The van der Waals surface area contributed by atoms with Crippen molar-refractivity contribution in [1.29, 1.82) is 0 Å². The number of rotatable bonds is 4. The van der Waals surface area contributed by atoms with Crippen molar-refractivity contribution in [2.75, 3.05) is 12.8 Å². The Kier molecular flexibility index (Phi) is 3.51. The zero-order valence-electron chi connectivity index (χ0n) is 9.53. The van der Waals surface area contributed by atoms with Gasteiger partial charge in [-0.1, -0.05) is 6.07 Å². The minimum Gasteiger partial charge on any atom is -0.441 e. The topological polar surface area (TPSA) is 38.1 Å². The Labute approximate surface area is 101 Å². The molecule has 0 radical (unpaired) electrons. The second-order valence-electron chi connectivity index (χ2n) is 3.81. The molecule has 0 saturated carbocycles. The summed E-state index contributed by atoms with van der Waals surface area (Å²) in [5.74, 6) is 1.57. The third kappa shape index (κ3) is 2.23. The number of aryl methyl sites for hydroxylation is 1. The maximum Gasteiger partial charge on any atom is 0.192 e. The smallest absolute Gasteiger partial charge is 0.192 e. The van der Waals surface area contributed by atoms with Gasteiger partial charge in [0.2, 0.25) is 0 Å². The summed E-state index contributed by atoms with van der Waals surface area (Å²) in [4.78, 5) is 4.34. The first-order valence-electron chi connectivity index (χ1n) is 5.40. The molecule has 86 valence electrons. The minimum atomic E-state index is 0.332. The lowest BCUT2D eigenvalue weighted by Gasteiger charge is -2.14. The van der Waals surface area contributed by atoms with Crippen molar-refractivity contribution in [3.63, 3.8) is 0 Å². The summed E-state index contributed by atoms with van der Waals surface area (Å²) in [6.45, 7) is 1.86. The average molecular weight is 236 g/mol. The van der Waals surface area contributed by atoms with E-state index in [0.29, 0.717) is 11.9 Å². The Balaban J connectivity index is 2.36. The lowest BCUT2D eigenvalue weighted by molar-refractivity contribution is 0.560. The van der Waals surface area contributed by atoms with Crippen LogP contribution in [0.15, 0.2) is 22.6 Å². The largest absolute Gasteiger partial charge is 0.441 e. The number of oxazole rings is 1. The summed E-state index contributed by atoms with van der Waals surface area (Å²) in [5, 5.41) is 3.28. The van der Waals surface area contributed by atoms with Gasteiger partial charge in [0.25, 0.3) is 0 Å². The number of fused-ring (bicyclic) bond motifs is 1. The maximum atomic E-state index is 5.45. The molecular weight excluding hydrogens is 220 g/mol. The van der Waals surface area contributed by atoms with Crippen LogP contribution in [0, 0.1) is 6.92 Å². The fourth-order valence-corrected chi connectivity index (χ4v) is 2.14. The standard InChI is InChI=1S/C12H16N2OS/c1-8-14-11-7-9(3-4-12(11)15-8)10(13-2)5-6-16/h3-4,7,10,13,16H,5-6H2,1-2H3. The predicted molar refractivity (Wildman–Crippen MR) is 69.0 cm³/mol. The number of thiol groups is 1. The second kappa shape index (κ2) is 4.89. The van der Waals surface area contributed by atoms with Crippen LogP contribution in [-0.4, -0.2) is 17.8 Å². The molecule has 0 aliphatic rings. The number of nitrogens with one attached hydrogen (secondary N) is 1. The van der Waals surface area contributed by atoms with Crippen LogP contribution in [0.3, 0.4) is 0 Å². The van der Waals surface area contributed by atoms with Gasteiger partial charge in [0, 0.05) is 13.0 Å². The van der Waals surface area contributed by atoms with E-state index in [-0.39, 0.29) is 0 Å². The molecule has 0 aliphatic carbocycles. The molecule has 4 heteroatoms. The number of benzene rings is 1. The molecular formula is C12H16N2OS. The highest BCUT2D eigenvalue weighted by molar-refractivity contribution is 7.80. The SMILES string of the molecule is CNC(CCS)c1ccc2oc(C)nc2c1. The summed E-state index contributed by atoms with van der Waals surface area (Å²) in [6.07, 6.45) is 1.00. The van der Waals surface area contributed by atoms with Gasteiger partial charge >= 0.3 is 0 Å². The second-order valence-corrected chi connectivity index (χ2v) is 4.26. The van der Waals surface area contributed by atoms with Crippen molar-refractivity contribution >= 4 is 23.7 Å². The number of nitrogens with zero attached hydrogens (tertiary/aromatic N) is 1. The van der Waals surface area contributed by atoms with Crippen LogP contribution in [-0.2, 0) is 0 Å². The van der Waals surface area contributed by atoms with Crippen LogP contribution in [0.5, 0.6) is 0 Å². The Morgan fingerprint density at radius 1 is 1.50 bits per heavy atom. The molecule has 3 nitrogen and oxygen atoms in total. The number of hydrogen-bond donors (Lipinski definition) is 2. The third-order valence-electron chi connectivity index (χ3n) is 2.69. The van der Waals surface area contributed by atoms with Gasteiger partial charge < -0.3 is 9.73 Å². The zero-order chi connectivity index (χ0) is 11.5. The highest BCUT2D eigenvalue weighted by Crippen LogP contribution is 2.22. The Bertz CT molecular complexity index is 481. The van der Waals surface area contributed by atoms with Crippen molar-refractivity contribution in [2.24, 2.45) is 0 Å². The van der Waals surface area contributed by atoms with Crippen LogP contribution in [0.2, 0.25) is 0 Å². The van der Waals surface area contributed by atoms with Gasteiger partial charge in [0.05, 0.1) is 0 Å². The van der Waals surface area contributed by atoms with Gasteiger partial charge in [0.15, 0.2) is 11.5 Å². The number of hydrogen-bond acceptors (Lipinski definition) is 4. The van der Waals surface area contributed by atoms with Crippen molar-refractivity contribution in [3.05, 3.63) is 29.7 Å². The van der Waals surface area contributed by atoms with Crippen molar-refractivity contribution in [2.45, 2.75) is 19.4 Å². The third-order valence-corrected chi connectivity index (χ3v) is 2.95. The van der Waals surface area contributed by atoms with Crippen molar-refractivity contribution < 1.29 is 4.42 Å². The monoisotopic (exact) mass is 236 g/mol. The van der Waals surface area contributed by atoms with E-state index >= 15 is 0 Å². The molecule has 2 aromatic rings. The molecule has 0 saturated heterocycles. The summed E-state index contributed by atoms with van der Waals surface area (Å²) < 4.78 is 5.45. The molecule has 0 amide bonds. The van der Waals surface area contributed by atoms with E-state index in [9.17, 15) is 0 Å². The lowest BCUT2D eigenvalue weighted by atomic mass is 10.0. The molecule has 16 heavy (non-hydrogen) atoms. The van der Waals surface area contributed by atoms with E-state index in [1.807, 2.05) is 20.0 Å². The molecule has 0 bridgehead atoms. The molecule has 1 unspecified atom stereocenters. The molecule has 1 N–H and O–H groups in total. The molecule has 0 fully saturated rings. The Hall–Kier alpha value is -1.00. The summed E-state index contributed by atoms with van der Waals surface area (Å²) >= 11 is 4.27. The summed E-state index contributed by atoms with van der Waals surface area (Å²) in [5.41, 5.74) is 3.01. The van der Waals surface area contributed by atoms with E-state index < -0.39 is 0 Å². The average Bonchev–Trinajstić information content (AvgIpc) is 2.64. The quantitative estimate of drug-likeness (QED) is 0.802. The number of aromatic nitrogens is 1. The fraction of sp³-hybridized carbons (Fsp3) is 0.417. The van der Waals surface area contributed by atoms with Gasteiger partial charge in [-0.15, -0.1) is 0 Å². The highest BCUT2D eigenvalue weighted by atomic mass is 32.1. The van der Waals surface area contributed by atoms with Crippen LogP contribution >= 0.6 is 12.6 Å². The van der Waals surface area contributed by atoms with Gasteiger partial charge in [-0.25, -0.2) is 4.98 Å².